The molecule has 0 aliphatic carbocycles. The van der Waals surface area contributed by atoms with Gasteiger partial charge in [0.2, 0.25) is 5.78 Å². The van der Waals surface area contributed by atoms with Gasteiger partial charge in [0, 0.05) is 6.54 Å². The van der Waals surface area contributed by atoms with E-state index in [1.165, 1.54) is 11.8 Å². The first-order chi connectivity index (χ1) is 12.3. The number of thioether (sulfide) groups is 1. The minimum absolute atomic E-state index is 0.541. The van der Waals surface area contributed by atoms with Gasteiger partial charge in [-0.3, -0.25) is 4.40 Å². The van der Waals surface area contributed by atoms with Crippen LogP contribution in [0.3, 0.4) is 0 Å². The normalized spacial score (nSPS) is 10.9. The number of para-hydroxylation sites is 2. The fraction of sp³-hybridized carbons (Fsp3) is 0.105. The molecule has 6 heteroatoms. The number of aromatic nitrogens is 3. The fourth-order valence-corrected chi connectivity index (χ4v) is 3.39. The second-order valence-corrected chi connectivity index (χ2v) is 6.33. The summed E-state index contributed by atoms with van der Waals surface area (Å²) in [4.78, 5) is 9.17. The molecule has 0 bridgehead atoms. The number of nitrogens with zero attached hydrogens (tertiary/aromatic N) is 4. The van der Waals surface area contributed by atoms with Crippen LogP contribution in [0.25, 0.3) is 16.8 Å². The molecular weight excluding hydrogens is 330 g/mol. The van der Waals surface area contributed by atoms with Gasteiger partial charge in [-0.1, -0.05) is 42.5 Å². The molecule has 0 unspecified atom stereocenters. The number of hydrogen-bond donors (Lipinski definition) is 1. The van der Waals surface area contributed by atoms with Crippen LogP contribution in [-0.2, 0) is 6.54 Å². The van der Waals surface area contributed by atoms with Crippen LogP contribution in [0.15, 0.2) is 59.6 Å². The van der Waals surface area contributed by atoms with Gasteiger partial charge < -0.3 is 5.32 Å². The van der Waals surface area contributed by atoms with Gasteiger partial charge in [-0.2, -0.15) is 5.26 Å². The molecule has 0 fully saturated rings. The van der Waals surface area contributed by atoms with Gasteiger partial charge in [0.15, 0.2) is 0 Å². The zero-order valence-corrected chi connectivity index (χ0v) is 14.4. The molecule has 0 atom stereocenters. The highest BCUT2D eigenvalue weighted by atomic mass is 32.2. The third-order valence-electron chi connectivity index (χ3n) is 4.03. The first-order valence-electron chi connectivity index (χ1n) is 7.85. The quantitative estimate of drug-likeness (QED) is 0.446. The zero-order chi connectivity index (χ0) is 17.2. The van der Waals surface area contributed by atoms with Crippen molar-refractivity contribution in [1.29, 1.82) is 5.26 Å². The summed E-state index contributed by atoms with van der Waals surface area (Å²) in [5.41, 5.74) is 3.48. The Hall–Kier alpha value is -3.04. The standard InChI is InChI=1S/C19H15N5S/c1-25-18-14(11-20)17(21-12-13-7-3-2-4-8-13)24-16-10-6-5-9-15(16)22-19(24)23-18/h2-10,21H,12H2,1H3. The van der Waals surface area contributed by atoms with Gasteiger partial charge in [0.1, 0.15) is 22.5 Å². The maximum absolute atomic E-state index is 9.72. The third kappa shape index (κ3) is 2.69. The van der Waals surface area contributed by atoms with Crippen molar-refractivity contribution in [2.75, 3.05) is 11.6 Å². The van der Waals surface area contributed by atoms with E-state index in [4.69, 9.17) is 0 Å². The topological polar surface area (TPSA) is 66.0 Å². The number of rotatable bonds is 4. The van der Waals surface area contributed by atoms with Gasteiger partial charge in [-0.25, -0.2) is 9.97 Å². The molecule has 122 valence electrons. The summed E-state index contributed by atoms with van der Waals surface area (Å²) in [6.45, 7) is 0.620. The summed E-state index contributed by atoms with van der Waals surface area (Å²) in [6, 6.07) is 20.3. The van der Waals surface area contributed by atoms with E-state index < -0.39 is 0 Å². The largest absolute Gasteiger partial charge is 0.366 e. The van der Waals surface area contributed by atoms with Crippen molar-refractivity contribution < 1.29 is 0 Å². The van der Waals surface area contributed by atoms with Crippen molar-refractivity contribution in [3.63, 3.8) is 0 Å². The Morgan fingerprint density at radius 2 is 1.84 bits per heavy atom. The van der Waals surface area contributed by atoms with Crippen molar-refractivity contribution in [1.82, 2.24) is 14.4 Å². The lowest BCUT2D eigenvalue weighted by molar-refractivity contribution is 1.000. The van der Waals surface area contributed by atoms with Crippen LogP contribution in [-0.4, -0.2) is 20.6 Å². The molecule has 0 aliphatic rings. The molecule has 0 amide bonds. The Bertz CT molecular complexity index is 1100. The van der Waals surface area contributed by atoms with E-state index in [1.54, 1.807) is 0 Å². The Kier molecular flexibility index (Phi) is 4.00. The molecule has 0 spiro atoms. The van der Waals surface area contributed by atoms with Crippen LogP contribution in [0.5, 0.6) is 0 Å². The van der Waals surface area contributed by atoms with E-state index in [0.717, 1.165) is 22.4 Å². The van der Waals surface area contributed by atoms with Crippen LogP contribution < -0.4 is 5.32 Å². The zero-order valence-electron chi connectivity index (χ0n) is 13.6. The summed E-state index contributed by atoms with van der Waals surface area (Å²) < 4.78 is 1.93. The minimum Gasteiger partial charge on any atom is -0.366 e. The number of imidazole rings is 1. The van der Waals surface area contributed by atoms with E-state index in [1.807, 2.05) is 53.1 Å². The highest BCUT2D eigenvalue weighted by Crippen LogP contribution is 2.29. The van der Waals surface area contributed by atoms with E-state index in [-0.39, 0.29) is 0 Å². The maximum atomic E-state index is 9.72. The Morgan fingerprint density at radius 3 is 2.60 bits per heavy atom. The third-order valence-corrected chi connectivity index (χ3v) is 4.71. The Balaban J connectivity index is 1.93. The second-order valence-electron chi connectivity index (χ2n) is 5.53. The molecule has 0 saturated heterocycles. The van der Waals surface area contributed by atoms with E-state index in [0.29, 0.717) is 22.9 Å². The molecule has 2 heterocycles. The highest BCUT2D eigenvalue weighted by molar-refractivity contribution is 7.98. The van der Waals surface area contributed by atoms with Crippen molar-refractivity contribution in [3.05, 3.63) is 65.7 Å². The molecule has 0 radical (unpaired) electrons. The maximum Gasteiger partial charge on any atom is 0.237 e. The number of benzene rings is 2. The molecule has 4 rings (SSSR count). The number of anilines is 1. The average molecular weight is 345 g/mol. The number of hydrogen-bond acceptors (Lipinski definition) is 5. The van der Waals surface area contributed by atoms with Crippen LogP contribution in [0, 0.1) is 11.3 Å². The van der Waals surface area contributed by atoms with Crippen LogP contribution >= 0.6 is 11.8 Å². The lowest BCUT2D eigenvalue weighted by Gasteiger charge is -2.13. The van der Waals surface area contributed by atoms with Crippen molar-refractivity contribution in [2.45, 2.75) is 11.6 Å². The van der Waals surface area contributed by atoms with Crippen LogP contribution in [0.2, 0.25) is 0 Å². The Morgan fingerprint density at radius 1 is 1.08 bits per heavy atom. The minimum atomic E-state index is 0.541. The molecule has 0 saturated carbocycles. The van der Waals surface area contributed by atoms with Gasteiger partial charge in [-0.05, 0) is 24.0 Å². The molecule has 4 aromatic rings. The Labute approximate surface area is 149 Å². The summed E-state index contributed by atoms with van der Waals surface area (Å²) >= 11 is 1.45. The van der Waals surface area contributed by atoms with E-state index in [9.17, 15) is 5.26 Å². The summed E-state index contributed by atoms with van der Waals surface area (Å²) in [5, 5.41) is 13.8. The van der Waals surface area contributed by atoms with Gasteiger partial charge in [0.25, 0.3) is 0 Å². The van der Waals surface area contributed by atoms with E-state index in [2.05, 4.69) is 33.5 Å². The first-order valence-corrected chi connectivity index (χ1v) is 9.07. The molecule has 5 nitrogen and oxygen atoms in total. The summed E-state index contributed by atoms with van der Waals surface area (Å²) in [5.74, 6) is 1.33. The summed E-state index contributed by atoms with van der Waals surface area (Å²) in [6.07, 6.45) is 1.92. The number of nitriles is 1. The molecule has 2 aromatic heterocycles. The molecule has 1 N–H and O–H groups in total. The molecular formula is C19H15N5S. The SMILES string of the molecule is CSc1nc2nc3ccccc3n2c(NCc2ccccc2)c1C#N. The van der Waals surface area contributed by atoms with Gasteiger partial charge in [0.05, 0.1) is 11.0 Å². The summed E-state index contributed by atoms with van der Waals surface area (Å²) in [7, 11) is 0. The van der Waals surface area contributed by atoms with Crippen molar-refractivity contribution in [2.24, 2.45) is 0 Å². The highest BCUT2D eigenvalue weighted by Gasteiger charge is 2.18. The first kappa shape index (κ1) is 15.5. The van der Waals surface area contributed by atoms with Crippen molar-refractivity contribution in [3.8, 4) is 6.07 Å². The number of fused-ring (bicyclic) bond motifs is 3. The van der Waals surface area contributed by atoms with E-state index >= 15 is 0 Å². The predicted octanol–water partition coefficient (Wildman–Crippen LogP) is 4.09. The molecule has 0 aliphatic heterocycles. The van der Waals surface area contributed by atoms with Gasteiger partial charge in [-0.15, -0.1) is 11.8 Å². The van der Waals surface area contributed by atoms with Gasteiger partial charge >= 0.3 is 0 Å². The predicted molar refractivity (Wildman–Crippen MR) is 101 cm³/mol. The lowest BCUT2D eigenvalue weighted by atomic mass is 10.2. The molecule has 25 heavy (non-hydrogen) atoms. The molecule has 2 aromatic carbocycles. The second kappa shape index (κ2) is 6.46. The number of nitrogens with one attached hydrogen (secondary N) is 1. The smallest absolute Gasteiger partial charge is 0.237 e. The lowest BCUT2D eigenvalue weighted by Crippen LogP contribution is -2.09. The monoisotopic (exact) mass is 345 g/mol. The fourth-order valence-electron chi connectivity index (χ4n) is 2.87. The van der Waals surface area contributed by atoms with Crippen molar-refractivity contribution >= 4 is 34.4 Å². The van der Waals surface area contributed by atoms with Crippen LogP contribution in [0.1, 0.15) is 11.1 Å². The average Bonchev–Trinajstić information content (AvgIpc) is 3.04. The van der Waals surface area contributed by atoms with Crippen LogP contribution in [0.4, 0.5) is 5.82 Å².